The van der Waals surface area contributed by atoms with Crippen molar-refractivity contribution in [3.63, 3.8) is 0 Å². The maximum atomic E-state index is 12.6. The number of amides is 1. The molecule has 126 valence electrons. The van der Waals surface area contributed by atoms with Crippen molar-refractivity contribution >= 4 is 5.91 Å². The molecule has 1 amide bonds. The smallest absolute Gasteiger partial charge is 0.253 e. The van der Waals surface area contributed by atoms with Crippen molar-refractivity contribution in [2.24, 2.45) is 0 Å². The number of pyridine rings is 1. The molecule has 4 nitrogen and oxygen atoms in total. The summed E-state index contributed by atoms with van der Waals surface area (Å²) in [5, 5.41) is 0. The molecule has 2 rings (SSSR count). The summed E-state index contributed by atoms with van der Waals surface area (Å²) in [6.07, 6.45) is 2.50. The third-order valence-corrected chi connectivity index (χ3v) is 3.80. The van der Waals surface area contributed by atoms with Gasteiger partial charge in [-0.2, -0.15) is 0 Å². The van der Waals surface area contributed by atoms with Crippen LogP contribution in [0.5, 0.6) is 5.75 Å². The molecule has 0 saturated heterocycles. The van der Waals surface area contributed by atoms with Gasteiger partial charge in [-0.3, -0.25) is 9.78 Å². The molecule has 0 aliphatic carbocycles. The largest absolute Gasteiger partial charge is 0.489 e. The molecule has 0 aliphatic rings. The number of aromatic nitrogens is 1. The van der Waals surface area contributed by atoms with Crippen LogP contribution in [-0.4, -0.2) is 35.5 Å². The minimum absolute atomic E-state index is 0.00937. The Morgan fingerprint density at radius 1 is 1.25 bits per heavy atom. The second-order valence-electron chi connectivity index (χ2n) is 6.06. The number of carbonyl (C=O) groups excluding carboxylic acids is 1. The van der Waals surface area contributed by atoms with Crippen molar-refractivity contribution in [1.82, 2.24) is 9.88 Å². The molecule has 2 aromatic rings. The third kappa shape index (κ3) is 4.95. The van der Waals surface area contributed by atoms with Crippen molar-refractivity contribution < 1.29 is 9.53 Å². The van der Waals surface area contributed by atoms with Gasteiger partial charge in [-0.05, 0) is 55.8 Å². The molecule has 4 heteroatoms. The predicted octanol–water partition coefficient (Wildman–Crippen LogP) is 3.74. The first kappa shape index (κ1) is 17.7. The molecule has 0 fully saturated rings. The van der Waals surface area contributed by atoms with Crippen molar-refractivity contribution in [3.05, 3.63) is 72.1 Å². The van der Waals surface area contributed by atoms with Crippen LogP contribution in [0.15, 0.2) is 60.8 Å². The van der Waals surface area contributed by atoms with Crippen LogP contribution in [0.2, 0.25) is 0 Å². The monoisotopic (exact) mass is 324 g/mol. The Hall–Kier alpha value is -2.62. The molecule has 1 aromatic carbocycles. The maximum Gasteiger partial charge on any atom is 0.253 e. The van der Waals surface area contributed by atoms with Gasteiger partial charge in [0.1, 0.15) is 12.4 Å². The normalized spacial score (nSPS) is 11.6. The van der Waals surface area contributed by atoms with Gasteiger partial charge in [0, 0.05) is 37.0 Å². The summed E-state index contributed by atoms with van der Waals surface area (Å²) in [6, 6.07) is 13.1. The number of carbonyl (C=O) groups is 1. The maximum absolute atomic E-state index is 12.6. The number of likely N-dealkylation sites (N-methyl/N-ethyl adjacent to an activating group) is 1. The molecule has 0 aliphatic heterocycles. The van der Waals surface area contributed by atoms with Gasteiger partial charge in [0.25, 0.3) is 5.91 Å². The van der Waals surface area contributed by atoms with E-state index in [1.807, 2.05) is 51.2 Å². The van der Waals surface area contributed by atoms with Crippen LogP contribution >= 0.6 is 0 Å². The third-order valence-electron chi connectivity index (χ3n) is 3.80. The highest BCUT2D eigenvalue weighted by atomic mass is 16.5. The first-order chi connectivity index (χ1) is 11.5. The number of rotatable bonds is 7. The van der Waals surface area contributed by atoms with Crippen LogP contribution in [0.25, 0.3) is 0 Å². The van der Waals surface area contributed by atoms with E-state index in [2.05, 4.69) is 11.6 Å². The number of ether oxygens (including phenoxy) is 1. The first-order valence-electron chi connectivity index (χ1n) is 8.01. The Balaban J connectivity index is 1.98. The van der Waals surface area contributed by atoms with E-state index in [0.717, 1.165) is 23.4 Å². The Morgan fingerprint density at radius 3 is 2.54 bits per heavy atom. The van der Waals surface area contributed by atoms with Crippen LogP contribution in [0, 0.1) is 0 Å². The fraction of sp³-hybridized carbons (Fsp3) is 0.300. The van der Waals surface area contributed by atoms with Crippen LogP contribution in [0.1, 0.15) is 29.9 Å². The van der Waals surface area contributed by atoms with Gasteiger partial charge in [-0.15, -0.1) is 0 Å². The molecular formula is C20H24N2O2. The lowest BCUT2D eigenvalue weighted by atomic mass is 10.1. The standard InChI is InChI=1S/C20H24N2O2/c1-15(2)14-24-19-10-8-17(9-11-19)20(23)22(4)16(3)13-18-7-5-6-12-21-18/h5-12,16H,1,13-14H2,2-4H3/t16-/m0/s1. The van der Waals surface area contributed by atoms with Crippen LogP contribution in [0.4, 0.5) is 0 Å². The Labute approximate surface area is 143 Å². The molecule has 0 saturated carbocycles. The lowest BCUT2D eigenvalue weighted by molar-refractivity contribution is 0.0743. The summed E-state index contributed by atoms with van der Waals surface area (Å²) in [5.74, 6) is 0.726. The van der Waals surface area contributed by atoms with Gasteiger partial charge in [-0.1, -0.05) is 12.6 Å². The van der Waals surface area contributed by atoms with E-state index in [-0.39, 0.29) is 11.9 Å². The average Bonchev–Trinajstić information content (AvgIpc) is 2.60. The highest BCUT2D eigenvalue weighted by molar-refractivity contribution is 5.94. The van der Waals surface area contributed by atoms with Crippen molar-refractivity contribution in [2.75, 3.05) is 13.7 Å². The van der Waals surface area contributed by atoms with E-state index >= 15 is 0 Å². The molecule has 0 unspecified atom stereocenters. The second-order valence-corrected chi connectivity index (χ2v) is 6.06. The molecule has 1 heterocycles. The summed E-state index contributed by atoms with van der Waals surface area (Å²) in [6.45, 7) is 8.22. The number of hydrogen-bond acceptors (Lipinski definition) is 3. The summed E-state index contributed by atoms with van der Waals surface area (Å²) >= 11 is 0. The van der Waals surface area contributed by atoms with Gasteiger partial charge < -0.3 is 9.64 Å². The summed E-state index contributed by atoms with van der Waals surface area (Å²) in [7, 11) is 1.82. The quantitative estimate of drug-likeness (QED) is 0.729. The molecule has 0 N–H and O–H groups in total. The highest BCUT2D eigenvalue weighted by Crippen LogP contribution is 2.15. The predicted molar refractivity (Wildman–Crippen MR) is 96.2 cm³/mol. The van der Waals surface area contributed by atoms with Gasteiger partial charge >= 0.3 is 0 Å². The minimum atomic E-state index is -0.00937. The van der Waals surface area contributed by atoms with Gasteiger partial charge in [-0.25, -0.2) is 0 Å². The van der Waals surface area contributed by atoms with E-state index in [9.17, 15) is 4.79 Å². The molecule has 0 bridgehead atoms. The lowest BCUT2D eigenvalue weighted by Crippen LogP contribution is -2.36. The zero-order valence-electron chi connectivity index (χ0n) is 14.5. The van der Waals surface area contributed by atoms with E-state index in [4.69, 9.17) is 4.74 Å². The van der Waals surface area contributed by atoms with E-state index in [1.54, 1.807) is 23.2 Å². The number of hydrogen-bond donors (Lipinski definition) is 0. The zero-order chi connectivity index (χ0) is 17.5. The highest BCUT2D eigenvalue weighted by Gasteiger charge is 2.18. The van der Waals surface area contributed by atoms with Crippen molar-refractivity contribution in [1.29, 1.82) is 0 Å². The summed E-state index contributed by atoms with van der Waals surface area (Å²) in [5.41, 5.74) is 2.58. The SMILES string of the molecule is C=C(C)COc1ccc(C(=O)N(C)[C@@H](C)Cc2ccccn2)cc1. The van der Waals surface area contributed by atoms with E-state index < -0.39 is 0 Å². The number of nitrogens with zero attached hydrogens (tertiary/aromatic N) is 2. The molecular weight excluding hydrogens is 300 g/mol. The molecule has 24 heavy (non-hydrogen) atoms. The Kier molecular flexibility index (Phi) is 6.13. The molecule has 1 atom stereocenters. The minimum Gasteiger partial charge on any atom is -0.489 e. The Morgan fingerprint density at radius 2 is 1.96 bits per heavy atom. The van der Waals surface area contributed by atoms with E-state index in [0.29, 0.717) is 12.2 Å². The van der Waals surface area contributed by atoms with Crippen molar-refractivity contribution in [3.8, 4) is 5.75 Å². The van der Waals surface area contributed by atoms with Gasteiger partial charge in [0.15, 0.2) is 0 Å². The average molecular weight is 324 g/mol. The van der Waals surface area contributed by atoms with E-state index in [1.165, 1.54) is 0 Å². The topological polar surface area (TPSA) is 42.4 Å². The zero-order valence-corrected chi connectivity index (χ0v) is 14.5. The lowest BCUT2D eigenvalue weighted by Gasteiger charge is -2.25. The van der Waals surface area contributed by atoms with Gasteiger partial charge in [0.05, 0.1) is 0 Å². The fourth-order valence-electron chi connectivity index (χ4n) is 2.26. The van der Waals surface area contributed by atoms with Crippen LogP contribution in [0.3, 0.4) is 0 Å². The molecule has 0 radical (unpaired) electrons. The summed E-state index contributed by atoms with van der Waals surface area (Å²) < 4.78 is 5.56. The van der Waals surface area contributed by atoms with Crippen molar-refractivity contribution in [2.45, 2.75) is 26.3 Å². The Bertz CT molecular complexity index is 681. The van der Waals surface area contributed by atoms with Crippen LogP contribution in [-0.2, 0) is 6.42 Å². The second kappa shape index (κ2) is 8.29. The van der Waals surface area contributed by atoms with Crippen LogP contribution < -0.4 is 4.74 Å². The van der Waals surface area contributed by atoms with Gasteiger partial charge in [0.2, 0.25) is 0 Å². The number of benzene rings is 1. The molecule has 1 aromatic heterocycles. The first-order valence-corrected chi connectivity index (χ1v) is 8.01. The molecule has 0 spiro atoms. The fourth-order valence-corrected chi connectivity index (χ4v) is 2.26. The summed E-state index contributed by atoms with van der Waals surface area (Å²) in [4.78, 5) is 18.7.